The average molecular weight is 276 g/mol. The van der Waals surface area contributed by atoms with Gasteiger partial charge in [0.05, 0.1) is 5.60 Å². The zero-order chi connectivity index (χ0) is 14.1. The molecule has 0 spiro atoms. The molecule has 0 atom stereocenters. The van der Waals surface area contributed by atoms with Crippen LogP contribution < -0.4 is 0 Å². The van der Waals surface area contributed by atoms with Gasteiger partial charge < -0.3 is 13.3 Å². The monoisotopic (exact) mass is 276 g/mol. The molecule has 3 nitrogen and oxygen atoms in total. The fourth-order valence-corrected chi connectivity index (χ4v) is 5.09. The minimum absolute atomic E-state index is 0.0586. The van der Waals surface area contributed by atoms with Crippen LogP contribution in [0.4, 0.5) is 0 Å². The molecule has 0 N–H and O–H groups in total. The van der Waals surface area contributed by atoms with E-state index in [1.807, 2.05) is 0 Å². The summed E-state index contributed by atoms with van der Waals surface area (Å²) >= 11 is 0. The molecular weight excluding hydrogens is 244 g/mol. The summed E-state index contributed by atoms with van der Waals surface area (Å²) in [5.74, 6) is 0. The molecule has 0 amide bonds. The van der Waals surface area contributed by atoms with Gasteiger partial charge in [0.25, 0.3) is 0 Å². The van der Waals surface area contributed by atoms with Gasteiger partial charge in [0, 0.05) is 20.3 Å². The Morgan fingerprint density at radius 1 is 0.833 bits per heavy atom. The average Bonchev–Trinajstić information content (AvgIpc) is 2.38. The molecule has 0 unspecified atom stereocenters. The fraction of sp³-hybridized carbons (Fsp3) is 1.00. The van der Waals surface area contributed by atoms with Gasteiger partial charge in [-0.25, -0.2) is 0 Å². The second kappa shape index (κ2) is 9.07. The molecule has 0 saturated heterocycles. The summed E-state index contributed by atoms with van der Waals surface area (Å²) in [6.07, 6.45) is 6.51. The van der Waals surface area contributed by atoms with Gasteiger partial charge in [-0.15, -0.1) is 0 Å². The van der Waals surface area contributed by atoms with E-state index >= 15 is 0 Å². The highest BCUT2D eigenvalue weighted by molar-refractivity contribution is 6.60. The van der Waals surface area contributed by atoms with Crippen molar-refractivity contribution in [2.75, 3.05) is 14.2 Å². The molecule has 0 aromatic heterocycles. The second-order valence-corrected chi connectivity index (χ2v) is 7.87. The zero-order valence-corrected chi connectivity index (χ0v) is 14.2. The minimum atomic E-state index is -2.47. The van der Waals surface area contributed by atoms with Crippen LogP contribution in [0.3, 0.4) is 0 Å². The zero-order valence-electron chi connectivity index (χ0n) is 13.2. The number of hydrogen-bond donors (Lipinski definition) is 0. The van der Waals surface area contributed by atoms with Gasteiger partial charge in [-0.3, -0.25) is 0 Å². The highest BCUT2D eigenvalue weighted by Crippen LogP contribution is 2.33. The van der Waals surface area contributed by atoms with Gasteiger partial charge in [-0.1, -0.05) is 47.0 Å². The molecular formula is C14H32O3Si. The maximum Gasteiger partial charge on any atom is 0.500 e. The van der Waals surface area contributed by atoms with Crippen molar-refractivity contribution in [3.05, 3.63) is 0 Å². The van der Waals surface area contributed by atoms with E-state index in [1.54, 1.807) is 14.2 Å². The lowest BCUT2D eigenvalue weighted by atomic mass is 9.90. The molecule has 0 aromatic rings. The Labute approximate surface area is 115 Å². The van der Waals surface area contributed by atoms with Crippen LogP contribution in [-0.4, -0.2) is 28.6 Å². The van der Waals surface area contributed by atoms with E-state index in [9.17, 15) is 0 Å². The van der Waals surface area contributed by atoms with Crippen LogP contribution in [-0.2, 0) is 13.3 Å². The summed E-state index contributed by atoms with van der Waals surface area (Å²) < 4.78 is 17.8. The third kappa shape index (κ3) is 5.00. The summed E-state index contributed by atoms with van der Waals surface area (Å²) in [4.78, 5) is 0. The van der Waals surface area contributed by atoms with Crippen molar-refractivity contribution in [2.24, 2.45) is 0 Å². The van der Waals surface area contributed by atoms with Gasteiger partial charge in [0.2, 0.25) is 0 Å². The molecule has 18 heavy (non-hydrogen) atoms. The van der Waals surface area contributed by atoms with Crippen molar-refractivity contribution < 1.29 is 13.3 Å². The molecule has 0 aliphatic heterocycles. The molecule has 0 aliphatic carbocycles. The number of hydrogen-bond acceptors (Lipinski definition) is 3. The van der Waals surface area contributed by atoms with E-state index in [1.165, 1.54) is 0 Å². The fourth-order valence-electron chi connectivity index (χ4n) is 2.62. The van der Waals surface area contributed by atoms with Crippen LogP contribution in [0.5, 0.6) is 0 Å². The lowest BCUT2D eigenvalue weighted by Gasteiger charge is -2.40. The van der Waals surface area contributed by atoms with Gasteiger partial charge in [0.1, 0.15) is 0 Å². The van der Waals surface area contributed by atoms with E-state index in [4.69, 9.17) is 13.3 Å². The summed E-state index contributed by atoms with van der Waals surface area (Å²) in [6, 6.07) is 0.898. The van der Waals surface area contributed by atoms with Crippen LogP contribution >= 0.6 is 0 Å². The molecule has 0 fully saturated rings. The first kappa shape index (κ1) is 18.1. The van der Waals surface area contributed by atoms with Crippen LogP contribution in [0.2, 0.25) is 6.04 Å². The molecule has 0 aliphatic rings. The Morgan fingerprint density at radius 3 is 1.61 bits per heavy atom. The Bertz CT molecular complexity index is 199. The Balaban J connectivity index is 4.98. The van der Waals surface area contributed by atoms with Crippen molar-refractivity contribution in [3.8, 4) is 0 Å². The first-order valence-electron chi connectivity index (χ1n) is 7.38. The van der Waals surface area contributed by atoms with E-state index in [2.05, 4.69) is 27.7 Å². The largest absolute Gasteiger partial charge is 0.500 e. The molecule has 4 heteroatoms. The predicted octanol–water partition coefficient (Wildman–Crippen LogP) is 4.39. The molecule has 0 heterocycles. The minimum Gasteiger partial charge on any atom is -0.377 e. The molecule has 110 valence electrons. The predicted molar refractivity (Wildman–Crippen MR) is 78.8 cm³/mol. The summed E-state index contributed by atoms with van der Waals surface area (Å²) in [5.41, 5.74) is -0.0586. The van der Waals surface area contributed by atoms with Crippen molar-refractivity contribution in [1.29, 1.82) is 0 Å². The Morgan fingerprint density at radius 2 is 1.33 bits per heavy atom. The SMILES string of the molecule is CCCC(CC)(CCC)O[Si](CCC)(OC)OC. The van der Waals surface area contributed by atoms with Crippen molar-refractivity contribution in [1.82, 2.24) is 0 Å². The Hall–Kier alpha value is 0.0969. The normalized spacial score (nSPS) is 13.0. The van der Waals surface area contributed by atoms with Crippen LogP contribution in [0.15, 0.2) is 0 Å². The van der Waals surface area contributed by atoms with E-state index < -0.39 is 8.80 Å². The standard InChI is InChI=1S/C14H32O3Si/c1-7-11-14(10-4,12-8-2)17-18(15-5,16-6)13-9-3/h7-13H2,1-6H3. The molecule has 0 aromatic carbocycles. The lowest BCUT2D eigenvalue weighted by molar-refractivity contribution is -0.0323. The molecule has 0 bridgehead atoms. The third-order valence-electron chi connectivity index (χ3n) is 3.61. The highest BCUT2D eigenvalue weighted by atomic mass is 28.4. The molecule has 0 saturated carbocycles. The maximum atomic E-state index is 6.49. The molecule has 0 radical (unpaired) electrons. The first-order valence-corrected chi connectivity index (χ1v) is 9.31. The Kier molecular flexibility index (Phi) is 9.12. The van der Waals surface area contributed by atoms with Crippen molar-refractivity contribution in [2.45, 2.75) is 77.9 Å². The smallest absolute Gasteiger partial charge is 0.377 e. The van der Waals surface area contributed by atoms with Crippen LogP contribution in [0.25, 0.3) is 0 Å². The van der Waals surface area contributed by atoms with Gasteiger partial charge in [-0.05, 0) is 19.3 Å². The van der Waals surface area contributed by atoms with Gasteiger partial charge in [0.15, 0.2) is 0 Å². The van der Waals surface area contributed by atoms with Gasteiger partial charge in [-0.2, -0.15) is 0 Å². The van der Waals surface area contributed by atoms with Crippen molar-refractivity contribution in [3.63, 3.8) is 0 Å². The first-order chi connectivity index (χ1) is 8.57. The molecule has 0 rings (SSSR count). The summed E-state index contributed by atoms with van der Waals surface area (Å²) in [7, 11) is 0.977. The van der Waals surface area contributed by atoms with Crippen molar-refractivity contribution >= 4 is 8.80 Å². The highest BCUT2D eigenvalue weighted by Gasteiger charge is 2.45. The summed E-state index contributed by atoms with van der Waals surface area (Å²) in [5, 5.41) is 0. The maximum absolute atomic E-state index is 6.49. The van der Waals surface area contributed by atoms with E-state index in [-0.39, 0.29) is 5.60 Å². The van der Waals surface area contributed by atoms with Crippen LogP contribution in [0, 0.1) is 0 Å². The lowest BCUT2D eigenvalue weighted by Crippen LogP contribution is -2.51. The third-order valence-corrected chi connectivity index (χ3v) is 6.71. The van der Waals surface area contributed by atoms with Gasteiger partial charge >= 0.3 is 8.80 Å². The second-order valence-electron chi connectivity index (χ2n) is 4.98. The summed E-state index contributed by atoms with van der Waals surface area (Å²) in [6.45, 7) is 8.79. The number of rotatable bonds is 11. The quantitative estimate of drug-likeness (QED) is 0.524. The van der Waals surface area contributed by atoms with E-state index in [0.717, 1.165) is 44.6 Å². The van der Waals surface area contributed by atoms with Crippen LogP contribution in [0.1, 0.15) is 66.2 Å². The topological polar surface area (TPSA) is 27.7 Å². The van der Waals surface area contributed by atoms with E-state index in [0.29, 0.717) is 0 Å².